The number of hydrogen-bond acceptors (Lipinski definition) is 4. The Labute approximate surface area is 112 Å². The van der Waals surface area contributed by atoms with Gasteiger partial charge in [-0.2, -0.15) is 4.31 Å². The Morgan fingerprint density at radius 2 is 2.37 bits per heavy atom. The lowest BCUT2D eigenvalue weighted by Crippen LogP contribution is -2.37. The van der Waals surface area contributed by atoms with Crippen molar-refractivity contribution in [3.8, 4) is 0 Å². The van der Waals surface area contributed by atoms with Crippen LogP contribution in [0.3, 0.4) is 0 Å². The van der Waals surface area contributed by atoms with E-state index in [9.17, 15) is 12.8 Å². The summed E-state index contributed by atoms with van der Waals surface area (Å²) in [5, 5.41) is -0.508. The van der Waals surface area contributed by atoms with Gasteiger partial charge in [-0.25, -0.2) is 17.8 Å². The van der Waals surface area contributed by atoms with Crippen LogP contribution in [0.4, 0.5) is 4.39 Å². The molecule has 1 aliphatic rings. The second-order valence-electron chi connectivity index (χ2n) is 4.41. The Hall–Kier alpha value is -1.05. The number of halogens is 1. The molecule has 1 aliphatic heterocycles. The second-order valence-corrected chi connectivity index (χ2v) is 6.26. The first-order valence-corrected chi connectivity index (χ1v) is 7.72. The Balaban J connectivity index is 2.30. The molecule has 0 spiro atoms. The summed E-state index contributed by atoms with van der Waals surface area (Å²) in [6, 6.07) is 2.47. The molecule has 0 aromatic carbocycles. The summed E-state index contributed by atoms with van der Waals surface area (Å²) in [6.45, 7) is 3.03. The highest BCUT2D eigenvalue weighted by atomic mass is 32.2. The van der Waals surface area contributed by atoms with Crippen molar-refractivity contribution in [2.45, 2.75) is 30.9 Å². The molecular weight excluding hydrogens is 271 g/mol. The van der Waals surface area contributed by atoms with E-state index in [4.69, 9.17) is 4.74 Å². The molecule has 2 rings (SSSR count). The maximum absolute atomic E-state index is 13.6. The molecule has 1 saturated heterocycles. The molecule has 1 aromatic heterocycles. The van der Waals surface area contributed by atoms with Gasteiger partial charge in [-0.1, -0.05) is 6.92 Å². The van der Waals surface area contributed by atoms with Crippen molar-refractivity contribution >= 4 is 10.0 Å². The maximum Gasteiger partial charge on any atom is 0.263 e. The van der Waals surface area contributed by atoms with Crippen LogP contribution in [-0.4, -0.2) is 43.5 Å². The summed E-state index contributed by atoms with van der Waals surface area (Å²) < 4.78 is 45.2. The lowest BCUT2D eigenvalue weighted by Gasteiger charge is -2.22. The van der Waals surface area contributed by atoms with Crippen molar-refractivity contribution in [2.75, 3.05) is 19.7 Å². The second kappa shape index (κ2) is 5.94. The molecule has 1 fully saturated rings. The van der Waals surface area contributed by atoms with Crippen LogP contribution in [0.2, 0.25) is 0 Å². The largest absolute Gasteiger partial charge is 0.377 e. The Morgan fingerprint density at radius 1 is 1.58 bits per heavy atom. The first-order chi connectivity index (χ1) is 9.05. The van der Waals surface area contributed by atoms with Crippen molar-refractivity contribution in [3.05, 3.63) is 24.1 Å². The van der Waals surface area contributed by atoms with E-state index in [2.05, 4.69) is 4.98 Å². The van der Waals surface area contributed by atoms with E-state index in [0.29, 0.717) is 19.6 Å². The van der Waals surface area contributed by atoms with E-state index < -0.39 is 20.9 Å². The standard InChI is InChI=1S/C12H17FN2O3S/c1-2-10-9-15(7-4-8-18-10)19(16,17)12-11(13)5-3-6-14-12/h3,5-6,10H,2,4,7-9H2,1H3. The molecule has 1 unspecified atom stereocenters. The third kappa shape index (κ3) is 3.10. The smallest absolute Gasteiger partial charge is 0.263 e. The van der Waals surface area contributed by atoms with Crippen LogP contribution >= 0.6 is 0 Å². The summed E-state index contributed by atoms with van der Waals surface area (Å²) in [6.07, 6.45) is 2.45. The molecule has 1 aromatic rings. The topological polar surface area (TPSA) is 59.5 Å². The van der Waals surface area contributed by atoms with Crippen molar-refractivity contribution in [1.29, 1.82) is 0 Å². The number of rotatable bonds is 3. The summed E-state index contributed by atoms with van der Waals surface area (Å²) >= 11 is 0. The highest BCUT2D eigenvalue weighted by molar-refractivity contribution is 7.89. The van der Waals surface area contributed by atoms with Crippen molar-refractivity contribution in [1.82, 2.24) is 9.29 Å². The van der Waals surface area contributed by atoms with Gasteiger partial charge in [-0.3, -0.25) is 0 Å². The fourth-order valence-electron chi connectivity index (χ4n) is 2.01. The number of pyridine rings is 1. The minimum absolute atomic E-state index is 0.149. The van der Waals surface area contributed by atoms with E-state index in [0.717, 1.165) is 12.5 Å². The zero-order valence-electron chi connectivity index (χ0n) is 10.8. The summed E-state index contributed by atoms with van der Waals surface area (Å²) in [7, 11) is -3.89. The maximum atomic E-state index is 13.6. The molecular formula is C12H17FN2O3S. The summed E-state index contributed by atoms with van der Waals surface area (Å²) in [5.41, 5.74) is 0. The molecule has 0 bridgehead atoms. The van der Waals surface area contributed by atoms with Crippen LogP contribution in [-0.2, 0) is 14.8 Å². The Bertz CT molecular complexity index is 536. The van der Waals surface area contributed by atoms with Crippen molar-refractivity contribution in [2.24, 2.45) is 0 Å². The summed E-state index contributed by atoms with van der Waals surface area (Å²) in [5.74, 6) is -0.819. The molecule has 106 valence electrons. The summed E-state index contributed by atoms with van der Waals surface area (Å²) in [4.78, 5) is 3.66. The zero-order valence-corrected chi connectivity index (χ0v) is 11.6. The third-order valence-corrected chi connectivity index (χ3v) is 4.88. The fourth-order valence-corrected chi connectivity index (χ4v) is 3.50. The monoisotopic (exact) mass is 288 g/mol. The molecule has 1 atom stereocenters. The van der Waals surface area contributed by atoms with Crippen LogP contribution in [0.25, 0.3) is 0 Å². The van der Waals surface area contributed by atoms with Gasteiger partial charge < -0.3 is 4.74 Å². The number of sulfonamides is 1. The minimum Gasteiger partial charge on any atom is -0.377 e. The van der Waals surface area contributed by atoms with Gasteiger partial charge in [0.05, 0.1) is 6.10 Å². The number of nitrogens with zero attached hydrogens (tertiary/aromatic N) is 2. The normalized spacial score (nSPS) is 22.1. The molecule has 0 aliphatic carbocycles. The van der Waals surface area contributed by atoms with E-state index in [1.54, 1.807) is 0 Å². The predicted molar refractivity (Wildman–Crippen MR) is 67.6 cm³/mol. The average Bonchev–Trinajstić information content (AvgIpc) is 2.64. The van der Waals surface area contributed by atoms with Gasteiger partial charge in [0.15, 0.2) is 5.82 Å². The van der Waals surface area contributed by atoms with E-state index in [1.807, 2.05) is 6.92 Å². The highest BCUT2D eigenvalue weighted by Crippen LogP contribution is 2.20. The van der Waals surface area contributed by atoms with E-state index in [1.165, 1.54) is 16.6 Å². The molecule has 0 N–H and O–H groups in total. The first kappa shape index (κ1) is 14.4. The number of ether oxygens (including phenoxy) is 1. The highest BCUT2D eigenvalue weighted by Gasteiger charge is 2.31. The SMILES string of the molecule is CCC1CN(S(=O)(=O)c2ncccc2F)CCCO1. The van der Waals surface area contributed by atoms with Crippen LogP contribution < -0.4 is 0 Å². The number of hydrogen-bond donors (Lipinski definition) is 0. The van der Waals surface area contributed by atoms with Crippen molar-refractivity contribution in [3.63, 3.8) is 0 Å². The van der Waals surface area contributed by atoms with Gasteiger partial charge in [-0.15, -0.1) is 0 Å². The van der Waals surface area contributed by atoms with Gasteiger partial charge in [0.2, 0.25) is 5.03 Å². The average molecular weight is 288 g/mol. The van der Waals surface area contributed by atoms with Crippen LogP contribution in [0.5, 0.6) is 0 Å². The quantitative estimate of drug-likeness (QED) is 0.844. The zero-order chi connectivity index (χ0) is 13.9. The van der Waals surface area contributed by atoms with Gasteiger partial charge in [0.25, 0.3) is 10.0 Å². The Morgan fingerprint density at radius 3 is 3.05 bits per heavy atom. The van der Waals surface area contributed by atoms with Gasteiger partial charge in [0, 0.05) is 25.9 Å². The molecule has 19 heavy (non-hydrogen) atoms. The lowest BCUT2D eigenvalue weighted by molar-refractivity contribution is 0.0592. The van der Waals surface area contributed by atoms with Crippen LogP contribution in [0, 0.1) is 5.82 Å². The predicted octanol–water partition coefficient (Wildman–Crippen LogP) is 1.41. The molecule has 5 nitrogen and oxygen atoms in total. The first-order valence-electron chi connectivity index (χ1n) is 6.28. The minimum atomic E-state index is -3.89. The van der Waals surface area contributed by atoms with Crippen molar-refractivity contribution < 1.29 is 17.5 Å². The third-order valence-electron chi connectivity index (χ3n) is 3.08. The van der Waals surface area contributed by atoms with Crippen LogP contribution in [0.1, 0.15) is 19.8 Å². The number of aromatic nitrogens is 1. The molecule has 0 radical (unpaired) electrons. The molecule has 0 saturated carbocycles. The van der Waals surface area contributed by atoms with E-state index >= 15 is 0 Å². The van der Waals surface area contributed by atoms with Gasteiger partial charge >= 0.3 is 0 Å². The lowest BCUT2D eigenvalue weighted by atomic mass is 10.3. The Kier molecular flexibility index (Phi) is 4.49. The van der Waals surface area contributed by atoms with Gasteiger partial charge in [0.1, 0.15) is 0 Å². The molecule has 7 heteroatoms. The van der Waals surface area contributed by atoms with Gasteiger partial charge in [-0.05, 0) is 25.0 Å². The fraction of sp³-hybridized carbons (Fsp3) is 0.583. The van der Waals surface area contributed by atoms with Crippen LogP contribution in [0.15, 0.2) is 23.4 Å². The molecule has 2 heterocycles. The van der Waals surface area contributed by atoms with E-state index in [-0.39, 0.29) is 12.6 Å². The molecule has 0 amide bonds.